The fourth-order valence-electron chi connectivity index (χ4n) is 2.80. The molecule has 106 valence electrons. The maximum absolute atomic E-state index is 11.1. The SMILES string of the molecule is CS(=O)(=O)CCNC1CCC(c2ccccc2)CC1. The molecule has 0 aliphatic heterocycles. The van der Waals surface area contributed by atoms with Crippen molar-refractivity contribution >= 4 is 9.84 Å². The van der Waals surface area contributed by atoms with Crippen molar-refractivity contribution in [3.05, 3.63) is 35.9 Å². The van der Waals surface area contributed by atoms with E-state index in [1.54, 1.807) is 0 Å². The minimum Gasteiger partial charge on any atom is -0.313 e. The second kappa shape index (κ2) is 6.53. The highest BCUT2D eigenvalue weighted by Gasteiger charge is 2.21. The second-order valence-corrected chi connectivity index (χ2v) is 7.80. The highest BCUT2D eigenvalue weighted by atomic mass is 32.2. The van der Waals surface area contributed by atoms with Gasteiger partial charge >= 0.3 is 0 Å². The molecule has 3 nitrogen and oxygen atoms in total. The first-order valence-corrected chi connectivity index (χ1v) is 9.07. The third-order valence-corrected chi connectivity index (χ3v) is 4.85. The fraction of sp³-hybridized carbons (Fsp3) is 0.600. The van der Waals surface area contributed by atoms with E-state index >= 15 is 0 Å². The Balaban J connectivity index is 1.74. The van der Waals surface area contributed by atoms with Gasteiger partial charge in [0, 0.05) is 18.8 Å². The van der Waals surface area contributed by atoms with Gasteiger partial charge in [0.05, 0.1) is 5.75 Å². The summed E-state index contributed by atoms with van der Waals surface area (Å²) in [6, 6.07) is 11.2. The Kier molecular flexibility index (Phi) is 4.99. The standard InChI is InChI=1S/C15H23NO2S/c1-19(17,18)12-11-16-15-9-7-14(8-10-15)13-5-3-2-4-6-13/h2-6,14-16H,7-12H2,1H3. The Labute approximate surface area is 116 Å². The summed E-state index contributed by atoms with van der Waals surface area (Å²) in [6.45, 7) is 0.583. The lowest BCUT2D eigenvalue weighted by Crippen LogP contribution is -2.35. The normalized spacial score (nSPS) is 24.3. The smallest absolute Gasteiger partial charge is 0.148 e. The first-order chi connectivity index (χ1) is 9.04. The van der Waals surface area contributed by atoms with Gasteiger partial charge in [0.25, 0.3) is 0 Å². The van der Waals surface area contributed by atoms with Crippen LogP contribution in [0.3, 0.4) is 0 Å². The molecule has 1 saturated carbocycles. The Bertz CT molecular complexity index is 476. The molecule has 4 heteroatoms. The first-order valence-electron chi connectivity index (χ1n) is 7.00. The molecule has 2 rings (SSSR count). The second-order valence-electron chi connectivity index (χ2n) is 5.54. The lowest BCUT2D eigenvalue weighted by molar-refractivity contribution is 0.348. The van der Waals surface area contributed by atoms with Crippen LogP contribution in [0.2, 0.25) is 0 Å². The highest BCUT2D eigenvalue weighted by molar-refractivity contribution is 7.90. The summed E-state index contributed by atoms with van der Waals surface area (Å²) < 4.78 is 22.1. The van der Waals surface area contributed by atoms with Crippen molar-refractivity contribution in [1.82, 2.24) is 5.32 Å². The molecular weight excluding hydrogens is 258 g/mol. The van der Waals surface area contributed by atoms with Crippen molar-refractivity contribution in [2.45, 2.75) is 37.6 Å². The maximum atomic E-state index is 11.1. The number of benzene rings is 1. The molecule has 19 heavy (non-hydrogen) atoms. The van der Waals surface area contributed by atoms with E-state index in [2.05, 4.69) is 35.6 Å². The average Bonchev–Trinajstić information content (AvgIpc) is 2.39. The molecule has 0 spiro atoms. The third kappa shape index (κ3) is 4.96. The summed E-state index contributed by atoms with van der Waals surface area (Å²) >= 11 is 0. The third-order valence-electron chi connectivity index (χ3n) is 3.90. The van der Waals surface area contributed by atoms with Gasteiger partial charge in [-0.1, -0.05) is 30.3 Å². The van der Waals surface area contributed by atoms with E-state index in [-0.39, 0.29) is 5.75 Å². The topological polar surface area (TPSA) is 46.2 Å². The predicted molar refractivity (Wildman–Crippen MR) is 79.2 cm³/mol. The van der Waals surface area contributed by atoms with Crippen LogP contribution in [0.4, 0.5) is 0 Å². The number of nitrogens with one attached hydrogen (secondary N) is 1. The van der Waals surface area contributed by atoms with Gasteiger partial charge in [-0.05, 0) is 37.2 Å². The molecule has 1 aliphatic carbocycles. The molecule has 0 aromatic heterocycles. The van der Waals surface area contributed by atoms with E-state index in [9.17, 15) is 8.42 Å². The molecule has 1 N–H and O–H groups in total. The molecule has 1 aromatic rings. The van der Waals surface area contributed by atoms with Crippen molar-refractivity contribution in [1.29, 1.82) is 0 Å². The largest absolute Gasteiger partial charge is 0.313 e. The van der Waals surface area contributed by atoms with Crippen LogP contribution < -0.4 is 5.32 Å². The zero-order valence-electron chi connectivity index (χ0n) is 11.5. The number of hydrogen-bond acceptors (Lipinski definition) is 3. The van der Waals surface area contributed by atoms with E-state index in [1.165, 1.54) is 24.7 Å². The fourth-order valence-corrected chi connectivity index (χ4v) is 3.29. The van der Waals surface area contributed by atoms with Crippen LogP contribution in [-0.4, -0.2) is 33.0 Å². The van der Waals surface area contributed by atoms with Gasteiger partial charge < -0.3 is 5.32 Å². The molecule has 0 heterocycles. The zero-order valence-corrected chi connectivity index (χ0v) is 12.3. The van der Waals surface area contributed by atoms with Crippen LogP contribution in [-0.2, 0) is 9.84 Å². The summed E-state index contributed by atoms with van der Waals surface area (Å²) in [5.41, 5.74) is 1.44. The summed E-state index contributed by atoms with van der Waals surface area (Å²) in [4.78, 5) is 0. The maximum Gasteiger partial charge on any atom is 0.148 e. The van der Waals surface area contributed by atoms with Gasteiger partial charge in [0.1, 0.15) is 9.84 Å². The van der Waals surface area contributed by atoms with Crippen molar-refractivity contribution < 1.29 is 8.42 Å². The van der Waals surface area contributed by atoms with Crippen LogP contribution >= 0.6 is 0 Å². The highest BCUT2D eigenvalue weighted by Crippen LogP contribution is 2.32. The van der Waals surface area contributed by atoms with Crippen LogP contribution in [0, 0.1) is 0 Å². The zero-order chi connectivity index (χ0) is 13.7. The molecule has 0 atom stereocenters. The van der Waals surface area contributed by atoms with E-state index in [4.69, 9.17) is 0 Å². The summed E-state index contributed by atoms with van der Waals surface area (Å²) in [7, 11) is -2.84. The van der Waals surface area contributed by atoms with Crippen LogP contribution in [0.1, 0.15) is 37.2 Å². The average molecular weight is 281 g/mol. The summed E-state index contributed by atoms with van der Waals surface area (Å²) in [6.07, 6.45) is 5.97. The minimum atomic E-state index is -2.84. The quantitative estimate of drug-likeness (QED) is 0.901. The first kappa shape index (κ1) is 14.5. The number of sulfone groups is 1. The molecule has 0 unspecified atom stereocenters. The molecule has 0 bridgehead atoms. The van der Waals surface area contributed by atoms with Crippen LogP contribution in [0.15, 0.2) is 30.3 Å². The summed E-state index contributed by atoms with van der Waals surface area (Å²) in [5, 5.41) is 3.37. The van der Waals surface area contributed by atoms with E-state index < -0.39 is 9.84 Å². The Morgan fingerprint density at radius 1 is 1.11 bits per heavy atom. The van der Waals surface area contributed by atoms with E-state index in [1.807, 2.05) is 0 Å². The van der Waals surface area contributed by atoms with Crippen molar-refractivity contribution in [3.63, 3.8) is 0 Å². The van der Waals surface area contributed by atoms with Crippen molar-refractivity contribution in [2.24, 2.45) is 0 Å². The van der Waals surface area contributed by atoms with Gasteiger partial charge in [-0.3, -0.25) is 0 Å². The van der Waals surface area contributed by atoms with Gasteiger partial charge in [0.15, 0.2) is 0 Å². The predicted octanol–water partition coefficient (Wildman–Crippen LogP) is 2.35. The van der Waals surface area contributed by atoms with Gasteiger partial charge in [-0.25, -0.2) is 8.42 Å². The van der Waals surface area contributed by atoms with Crippen molar-refractivity contribution in [2.75, 3.05) is 18.6 Å². The Hall–Kier alpha value is -0.870. The molecule has 1 aliphatic rings. The lowest BCUT2D eigenvalue weighted by atomic mass is 9.82. The van der Waals surface area contributed by atoms with Crippen LogP contribution in [0.5, 0.6) is 0 Å². The van der Waals surface area contributed by atoms with Gasteiger partial charge in [0.2, 0.25) is 0 Å². The molecule has 1 fully saturated rings. The molecule has 0 amide bonds. The van der Waals surface area contributed by atoms with Gasteiger partial charge in [-0.15, -0.1) is 0 Å². The van der Waals surface area contributed by atoms with Crippen LogP contribution in [0.25, 0.3) is 0 Å². The molecule has 0 saturated heterocycles. The number of rotatable bonds is 5. The lowest BCUT2D eigenvalue weighted by Gasteiger charge is -2.29. The Morgan fingerprint density at radius 3 is 2.32 bits per heavy atom. The Morgan fingerprint density at radius 2 is 1.74 bits per heavy atom. The van der Waals surface area contributed by atoms with Gasteiger partial charge in [-0.2, -0.15) is 0 Å². The number of hydrogen-bond donors (Lipinski definition) is 1. The van der Waals surface area contributed by atoms with Crippen molar-refractivity contribution in [3.8, 4) is 0 Å². The minimum absolute atomic E-state index is 0.242. The molecule has 0 radical (unpaired) electrons. The van der Waals surface area contributed by atoms with E-state index in [0.717, 1.165) is 12.8 Å². The monoisotopic (exact) mass is 281 g/mol. The molecule has 1 aromatic carbocycles. The summed E-state index contributed by atoms with van der Waals surface area (Å²) in [5.74, 6) is 0.917. The molecular formula is C15H23NO2S. The van der Waals surface area contributed by atoms with E-state index in [0.29, 0.717) is 18.5 Å².